The predicted molar refractivity (Wildman–Crippen MR) is 75.4 cm³/mol. The molecule has 0 fully saturated rings. The van der Waals surface area contributed by atoms with Gasteiger partial charge in [0, 0.05) is 18.8 Å². The average molecular weight is 313 g/mol. The summed E-state index contributed by atoms with van der Waals surface area (Å²) in [6.07, 6.45) is 0. The summed E-state index contributed by atoms with van der Waals surface area (Å²) in [5.41, 5.74) is 6.42. The van der Waals surface area contributed by atoms with Gasteiger partial charge in [0.15, 0.2) is 0 Å². The van der Waals surface area contributed by atoms with Crippen LogP contribution in [-0.2, 0) is 16.6 Å². The van der Waals surface area contributed by atoms with Crippen molar-refractivity contribution in [3.05, 3.63) is 41.0 Å². The Labute approximate surface area is 122 Å². The van der Waals surface area contributed by atoms with Gasteiger partial charge in [-0.15, -0.1) is 0 Å². The van der Waals surface area contributed by atoms with Crippen molar-refractivity contribution in [2.24, 2.45) is 0 Å². The average Bonchev–Trinajstić information content (AvgIpc) is 2.79. The fourth-order valence-corrected chi connectivity index (χ4v) is 3.24. The van der Waals surface area contributed by atoms with Gasteiger partial charge >= 0.3 is 0 Å². The first-order valence-electron chi connectivity index (χ1n) is 6.16. The van der Waals surface area contributed by atoms with Crippen LogP contribution < -0.4 is 5.73 Å². The molecular weight excluding hydrogens is 297 g/mol. The Hall–Kier alpha value is -1.93. The zero-order chi connectivity index (χ0) is 15.8. The van der Waals surface area contributed by atoms with Crippen molar-refractivity contribution in [3.63, 3.8) is 0 Å². The molecule has 0 saturated carbocycles. The van der Waals surface area contributed by atoms with Crippen molar-refractivity contribution in [2.45, 2.75) is 25.3 Å². The largest absolute Gasteiger partial charge is 0.399 e. The van der Waals surface area contributed by atoms with Gasteiger partial charge in [0.05, 0.1) is 12.2 Å². The number of benzene rings is 1. The Morgan fingerprint density at radius 3 is 2.57 bits per heavy atom. The number of aryl methyl sites for hydroxylation is 2. The Kier molecular flexibility index (Phi) is 4.02. The van der Waals surface area contributed by atoms with Crippen LogP contribution in [0.4, 0.5) is 10.1 Å². The van der Waals surface area contributed by atoms with Crippen LogP contribution in [-0.4, -0.2) is 24.9 Å². The van der Waals surface area contributed by atoms with Crippen LogP contribution in [0.15, 0.2) is 27.6 Å². The van der Waals surface area contributed by atoms with E-state index in [-0.39, 0.29) is 17.8 Å². The van der Waals surface area contributed by atoms with E-state index in [1.54, 1.807) is 13.0 Å². The molecule has 0 bridgehead atoms. The van der Waals surface area contributed by atoms with Gasteiger partial charge in [-0.25, -0.2) is 12.8 Å². The molecule has 0 aliphatic rings. The highest BCUT2D eigenvalue weighted by Gasteiger charge is 2.26. The Balaban J connectivity index is 2.37. The summed E-state index contributed by atoms with van der Waals surface area (Å²) in [4.78, 5) is -0.442. The molecule has 2 aromatic rings. The smallest absolute Gasteiger partial charge is 0.246 e. The first-order chi connectivity index (χ1) is 9.71. The summed E-state index contributed by atoms with van der Waals surface area (Å²) in [6.45, 7) is 3.14. The number of hydrogen-bond acceptors (Lipinski definition) is 5. The van der Waals surface area contributed by atoms with Crippen molar-refractivity contribution in [1.29, 1.82) is 0 Å². The van der Waals surface area contributed by atoms with Crippen LogP contribution in [0, 0.1) is 19.7 Å². The minimum absolute atomic E-state index is 0.0209. The minimum atomic E-state index is -4.01. The van der Waals surface area contributed by atoms with Crippen molar-refractivity contribution in [3.8, 4) is 0 Å². The SMILES string of the molecule is Cc1cc(CN(C)S(=O)(=O)c2cc(N)cc(C)c2F)no1. The number of halogens is 1. The second-order valence-electron chi connectivity index (χ2n) is 4.84. The molecule has 0 saturated heterocycles. The Morgan fingerprint density at radius 1 is 1.33 bits per heavy atom. The summed E-state index contributed by atoms with van der Waals surface area (Å²) in [7, 11) is -2.66. The molecule has 0 aliphatic carbocycles. The molecule has 6 nitrogen and oxygen atoms in total. The van der Waals surface area contributed by atoms with Crippen molar-refractivity contribution < 1.29 is 17.3 Å². The molecule has 2 N–H and O–H groups in total. The molecule has 0 amide bonds. The lowest BCUT2D eigenvalue weighted by molar-refractivity contribution is 0.377. The number of aromatic nitrogens is 1. The highest BCUT2D eigenvalue weighted by molar-refractivity contribution is 7.89. The molecule has 0 radical (unpaired) electrons. The van der Waals surface area contributed by atoms with Crippen LogP contribution >= 0.6 is 0 Å². The number of anilines is 1. The van der Waals surface area contributed by atoms with Gasteiger partial charge < -0.3 is 10.3 Å². The summed E-state index contributed by atoms with van der Waals surface area (Å²) in [6, 6.07) is 4.12. The zero-order valence-electron chi connectivity index (χ0n) is 11.9. The van der Waals surface area contributed by atoms with E-state index in [9.17, 15) is 12.8 Å². The fourth-order valence-electron chi connectivity index (χ4n) is 1.93. The maximum absolute atomic E-state index is 14.1. The van der Waals surface area contributed by atoms with E-state index < -0.39 is 20.7 Å². The number of nitrogens with two attached hydrogens (primary N) is 1. The van der Waals surface area contributed by atoms with Gasteiger partial charge in [-0.2, -0.15) is 4.31 Å². The van der Waals surface area contributed by atoms with E-state index in [4.69, 9.17) is 10.3 Å². The first-order valence-corrected chi connectivity index (χ1v) is 7.60. The number of sulfonamides is 1. The third-order valence-corrected chi connectivity index (χ3v) is 4.80. The normalized spacial score (nSPS) is 12.0. The lowest BCUT2D eigenvalue weighted by Crippen LogP contribution is -2.27. The van der Waals surface area contributed by atoms with Gasteiger partial charge in [-0.1, -0.05) is 5.16 Å². The van der Waals surface area contributed by atoms with Crippen molar-refractivity contribution >= 4 is 15.7 Å². The first kappa shape index (κ1) is 15.5. The third kappa shape index (κ3) is 3.06. The molecule has 0 unspecified atom stereocenters. The van der Waals surface area contributed by atoms with Crippen LogP contribution in [0.5, 0.6) is 0 Å². The number of nitrogen functional groups attached to an aromatic ring is 1. The van der Waals surface area contributed by atoms with E-state index in [0.29, 0.717) is 11.5 Å². The highest BCUT2D eigenvalue weighted by Crippen LogP contribution is 2.25. The summed E-state index contributed by atoms with van der Waals surface area (Å²) >= 11 is 0. The third-order valence-electron chi connectivity index (χ3n) is 2.99. The van der Waals surface area contributed by atoms with Crippen LogP contribution in [0.3, 0.4) is 0 Å². The number of nitrogens with zero attached hydrogens (tertiary/aromatic N) is 2. The monoisotopic (exact) mass is 313 g/mol. The fraction of sp³-hybridized carbons (Fsp3) is 0.308. The molecule has 21 heavy (non-hydrogen) atoms. The molecule has 0 aliphatic heterocycles. The molecule has 1 heterocycles. The summed E-state index contributed by atoms with van der Waals surface area (Å²) in [5.74, 6) is -0.228. The maximum atomic E-state index is 14.1. The molecule has 1 aromatic carbocycles. The van der Waals surface area contributed by atoms with E-state index >= 15 is 0 Å². The van der Waals surface area contributed by atoms with Crippen molar-refractivity contribution in [1.82, 2.24) is 9.46 Å². The molecular formula is C13H16FN3O3S. The van der Waals surface area contributed by atoms with Gasteiger partial charge in [0.25, 0.3) is 0 Å². The van der Waals surface area contributed by atoms with E-state index in [1.807, 2.05) is 0 Å². The lowest BCUT2D eigenvalue weighted by atomic mass is 10.2. The Bertz CT molecular complexity index is 771. The van der Waals surface area contributed by atoms with Gasteiger partial charge in [-0.3, -0.25) is 0 Å². The molecule has 0 spiro atoms. The predicted octanol–water partition coefficient (Wildman–Crippen LogP) is 1.83. The molecule has 1 aromatic heterocycles. The van der Waals surface area contributed by atoms with Crippen LogP contribution in [0.2, 0.25) is 0 Å². The standard InChI is InChI=1S/C13H16FN3O3S/c1-8-4-10(15)6-12(13(8)14)21(18,19)17(3)7-11-5-9(2)20-16-11/h4-6H,7,15H2,1-3H3. The lowest BCUT2D eigenvalue weighted by Gasteiger charge is -2.17. The summed E-state index contributed by atoms with van der Waals surface area (Å²) in [5, 5.41) is 3.72. The van der Waals surface area contributed by atoms with E-state index in [2.05, 4.69) is 5.16 Å². The quantitative estimate of drug-likeness (QED) is 0.870. The zero-order valence-corrected chi connectivity index (χ0v) is 12.7. The topological polar surface area (TPSA) is 89.4 Å². The van der Waals surface area contributed by atoms with Gasteiger partial charge in [-0.05, 0) is 31.5 Å². The minimum Gasteiger partial charge on any atom is -0.399 e. The van der Waals surface area contributed by atoms with E-state index in [0.717, 1.165) is 10.4 Å². The number of rotatable bonds is 4. The second kappa shape index (κ2) is 5.45. The van der Waals surface area contributed by atoms with Gasteiger partial charge in [0.2, 0.25) is 10.0 Å². The molecule has 2 rings (SSSR count). The van der Waals surface area contributed by atoms with Crippen LogP contribution in [0.1, 0.15) is 17.0 Å². The Morgan fingerprint density at radius 2 is 2.00 bits per heavy atom. The van der Waals surface area contributed by atoms with Crippen LogP contribution in [0.25, 0.3) is 0 Å². The highest BCUT2D eigenvalue weighted by atomic mass is 32.2. The molecule has 8 heteroatoms. The molecule has 114 valence electrons. The van der Waals surface area contributed by atoms with E-state index in [1.165, 1.54) is 20.0 Å². The number of hydrogen-bond donors (Lipinski definition) is 1. The second-order valence-corrected chi connectivity index (χ2v) is 6.85. The molecule has 0 atom stereocenters. The van der Waals surface area contributed by atoms with Gasteiger partial charge in [0.1, 0.15) is 16.5 Å². The maximum Gasteiger partial charge on any atom is 0.246 e. The summed E-state index contributed by atoms with van der Waals surface area (Å²) < 4.78 is 44.8. The van der Waals surface area contributed by atoms with Crippen molar-refractivity contribution in [2.75, 3.05) is 12.8 Å².